The van der Waals surface area contributed by atoms with Crippen molar-refractivity contribution in [2.75, 3.05) is 10.6 Å². The minimum Gasteiger partial charge on any atom is -0.324 e. The Kier molecular flexibility index (Phi) is 4.94. The Morgan fingerprint density at radius 2 is 1.80 bits per heavy atom. The van der Waals surface area contributed by atoms with Crippen LogP contribution in [0.2, 0.25) is 0 Å². The van der Waals surface area contributed by atoms with Crippen molar-refractivity contribution in [3.8, 4) is 0 Å². The lowest BCUT2D eigenvalue weighted by Crippen LogP contribution is -2.19. The summed E-state index contributed by atoms with van der Waals surface area (Å²) in [7, 11) is 1.75. The third-order valence-corrected chi connectivity index (χ3v) is 3.69. The van der Waals surface area contributed by atoms with Crippen molar-refractivity contribution in [3.63, 3.8) is 0 Å². The predicted octanol–water partition coefficient (Wildman–Crippen LogP) is 2.27. The molecule has 0 saturated heterocycles. The summed E-state index contributed by atoms with van der Waals surface area (Å²) in [5.74, 6) is -0.484. The summed E-state index contributed by atoms with van der Waals surface area (Å²) < 4.78 is 3.90. The average Bonchev–Trinajstić information content (AvgIpc) is 3.18. The van der Waals surface area contributed by atoms with Gasteiger partial charge in [-0.1, -0.05) is 0 Å². The molecule has 128 valence electrons. The van der Waals surface area contributed by atoms with Crippen LogP contribution in [0.25, 0.3) is 0 Å². The molecule has 9 heteroatoms. The zero-order valence-corrected chi connectivity index (χ0v) is 14.9. The second kappa shape index (κ2) is 7.31. The van der Waals surface area contributed by atoms with Crippen molar-refractivity contribution >= 4 is 39.1 Å². The van der Waals surface area contributed by atoms with Crippen LogP contribution in [-0.4, -0.2) is 31.4 Å². The molecule has 0 saturated carbocycles. The van der Waals surface area contributed by atoms with Crippen molar-refractivity contribution in [1.29, 1.82) is 0 Å². The van der Waals surface area contributed by atoms with Gasteiger partial charge in [-0.2, -0.15) is 10.2 Å². The Morgan fingerprint density at radius 1 is 1.12 bits per heavy atom. The number of amides is 2. The summed E-state index contributed by atoms with van der Waals surface area (Å²) in [4.78, 5) is 24.0. The van der Waals surface area contributed by atoms with E-state index in [0.717, 1.165) is 4.47 Å². The number of rotatable bonds is 5. The highest BCUT2D eigenvalue weighted by atomic mass is 79.9. The molecule has 0 aliphatic carbocycles. The number of halogens is 1. The second-order valence-corrected chi connectivity index (χ2v) is 6.23. The third kappa shape index (κ3) is 4.54. The molecule has 3 rings (SSSR count). The monoisotopic (exact) mass is 402 g/mol. The molecule has 3 aromatic rings. The number of hydrogen-bond acceptors (Lipinski definition) is 4. The molecule has 2 aromatic heterocycles. The molecular formula is C16H15BrN6O2. The summed E-state index contributed by atoms with van der Waals surface area (Å²) in [5.41, 5.74) is 1.59. The van der Waals surface area contributed by atoms with E-state index in [2.05, 4.69) is 36.8 Å². The van der Waals surface area contributed by atoms with E-state index >= 15 is 0 Å². The van der Waals surface area contributed by atoms with Gasteiger partial charge in [0.15, 0.2) is 5.69 Å². The molecule has 1 aromatic carbocycles. The molecule has 0 bridgehead atoms. The van der Waals surface area contributed by atoms with E-state index in [1.54, 1.807) is 60.7 Å². The van der Waals surface area contributed by atoms with Crippen LogP contribution in [0.4, 0.5) is 11.4 Å². The smallest absolute Gasteiger partial charge is 0.276 e. The van der Waals surface area contributed by atoms with Gasteiger partial charge in [0.25, 0.3) is 5.91 Å². The van der Waals surface area contributed by atoms with Gasteiger partial charge in [-0.25, -0.2) is 0 Å². The van der Waals surface area contributed by atoms with Gasteiger partial charge >= 0.3 is 0 Å². The van der Waals surface area contributed by atoms with Crippen LogP contribution in [-0.2, 0) is 18.4 Å². The molecular weight excluding hydrogens is 388 g/mol. The van der Waals surface area contributed by atoms with Crippen LogP contribution in [0, 0.1) is 0 Å². The Morgan fingerprint density at radius 3 is 2.36 bits per heavy atom. The van der Waals surface area contributed by atoms with E-state index in [0.29, 0.717) is 17.1 Å². The molecule has 0 fully saturated rings. The largest absolute Gasteiger partial charge is 0.324 e. The number of hydrogen-bond donors (Lipinski definition) is 2. The molecule has 0 atom stereocenters. The SMILES string of the molecule is Cn1ccc(C(=O)Nc2ccc(NC(=O)Cn3cc(Br)cn3)cc2)n1. The Hall–Kier alpha value is -2.94. The van der Waals surface area contributed by atoms with Gasteiger partial charge in [-0.15, -0.1) is 0 Å². The topological polar surface area (TPSA) is 93.8 Å². The maximum atomic E-state index is 12.0. The van der Waals surface area contributed by atoms with Crippen LogP contribution in [0.15, 0.2) is 53.4 Å². The standard InChI is InChI=1S/C16H15BrN6O2/c1-22-7-6-14(21-22)16(25)20-13-4-2-12(3-5-13)19-15(24)10-23-9-11(17)8-18-23/h2-9H,10H2,1H3,(H,19,24)(H,20,25). The first kappa shape index (κ1) is 16.9. The van der Waals surface area contributed by atoms with E-state index in [1.165, 1.54) is 4.68 Å². The Balaban J connectivity index is 1.56. The zero-order valence-electron chi connectivity index (χ0n) is 13.3. The number of carbonyl (C=O) groups excluding carboxylic acids is 2. The molecule has 8 nitrogen and oxygen atoms in total. The first-order valence-electron chi connectivity index (χ1n) is 7.38. The van der Waals surface area contributed by atoms with Gasteiger partial charge < -0.3 is 10.6 Å². The number of benzene rings is 1. The highest BCUT2D eigenvalue weighted by molar-refractivity contribution is 9.10. The number of aromatic nitrogens is 4. The van der Waals surface area contributed by atoms with Crippen molar-refractivity contribution < 1.29 is 9.59 Å². The van der Waals surface area contributed by atoms with Crippen LogP contribution in [0.3, 0.4) is 0 Å². The first-order chi connectivity index (χ1) is 12.0. The van der Waals surface area contributed by atoms with Crippen molar-refractivity contribution in [1.82, 2.24) is 19.6 Å². The van der Waals surface area contributed by atoms with Gasteiger partial charge in [-0.3, -0.25) is 19.0 Å². The summed E-state index contributed by atoms with van der Waals surface area (Å²) in [5, 5.41) is 13.6. The van der Waals surface area contributed by atoms with E-state index in [4.69, 9.17) is 0 Å². The number of aryl methyl sites for hydroxylation is 1. The lowest BCUT2D eigenvalue weighted by atomic mass is 10.2. The average molecular weight is 403 g/mol. The highest BCUT2D eigenvalue weighted by Crippen LogP contribution is 2.14. The lowest BCUT2D eigenvalue weighted by Gasteiger charge is -2.07. The van der Waals surface area contributed by atoms with Gasteiger partial charge in [-0.05, 0) is 46.3 Å². The quantitative estimate of drug-likeness (QED) is 0.684. The Labute approximate surface area is 152 Å². The lowest BCUT2D eigenvalue weighted by molar-refractivity contribution is -0.116. The number of nitrogens with one attached hydrogen (secondary N) is 2. The fourth-order valence-electron chi connectivity index (χ4n) is 2.14. The van der Waals surface area contributed by atoms with Crippen LogP contribution < -0.4 is 10.6 Å². The summed E-state index contributed by atoms with van der Waals surface area (Å²) >= 11 is 3.28. The predicted molar refractivity (Wildman–Crippen MR) is 96.2 cm³/mol. The molecule has 0 aliphatic heterocycles. The van der Waals surface area contributed by atoms with Crippen LogP contribution in [0.1, 0.15) is 10.5 Å². The normalized spacial score (nSPS) is 10.5. The summed E-state index contributed by atoms with van der Waals surface area (Å²) in [6.07, 6.45) is 5.04. The maximum absolute atomic E-state index is 12.0. The number of anilines is 2. The van der Waals surface area contributed by atoms with Crippen molar-refractivity contribution in [2.24, 2.45) is 7.05 Å². The molecule has 0 aliphatic rings. The fraction of sp³-hybridized carbons (Fsp3) is 0.125. The van der Waals surface area contributed by atoms with Gasteiger partial charge in [0, 0.05) is 30.8 Å². The molecule has 0 spiro atoms. The van der Waals surface area contributed by atoms with Gasteiger partial charge in [0.2, 0.25) is 5.91 Å². The summed E-state index contributed by atoms with van der Waals surface area (Å²) in [6, 6.07) is 8.48. The van der Waals surface area contributed by atoms with E-state index in [1.807, 2.05) is 0 Å². The minimum absolute atomic E-state index is 0.115. The van der Waals surface area contributed by atoms with Gasteiger partial charge in [0.1, 0.15) is 6.54 Å². The molecule has 25 heavy (non-hydrogen) atoms. The van der Waals surface area contributed by atoms with Crippen molar-refractivity contribution in [2.45, 2.75) is 6.54 Å². The van der Waals surface area contributed by atoms with Gasteiger partial charge in [0.05, 0.1) is 10.7 Å². The van der Waals surface area contributed by atoms with Crippen LogP contribution >= 0.6 is 15.9 Å². The Bertz CT molecular complexity index is 900. The molecule has 0 unspecified atom stereocenters. The highest BCUT2D eigenvalue weighted by Gasteiger charge is 2.09. The maximum Gasteiger partial charge on any atom is 0.276 e. The van der Waals surface area contributed by atoms with E-state index in [9.17, 15) is 9.59 Å². The summed E-state index contributed by atoms with van der Waals surface area (Å²) in [6.45, 7) is 0.115. The fourth-order valence-corrected chi connectivity index (χ4v) is 2.47. The third-order valence-electron chi connectivity index (χ3n) is 3.28. The first-order valence-corrected chi connectivity index (χ1v) is 8.18. The number of nitrogens with zero attached hydrogens (tertiary/aromatic N) is 4. The molecule has 2 N–H and O–H groups in total. The molecule has 0 radical (unpaired) electrons. The number of carbonyl (C=O) groups is 2. The minimum atomic E-state index is -0.290. The zero-order chi connectivity index (χ0) is 17.8. The van der Waals surface area contributed by atoms with E-state index < -0.39 is 0 Å². The molecule has 2 heterocycles. The second-order valence-electron chi connectivity index (χ2n) is 5.31. The van der Waals surface area contributed by atoms with E-state index in [-0.39, 0.29) is 18.4 Å². The molecule has 2 amide bonds. The van der Waals surface area contributed by atoms with Crippen molar-refractivity contribution in [3.05, 3.63) is 59.1 Å². The van der Waals surface area contributed by atoms with Crippen LogP contribution in [0.5, 0.6) is 0 Å².